The van der Waals surface area contributed by atoms with Crippen molar-refractivity contribution in [2.45, 2.75) is 26.2 Å². The fraction of sp³-hybridized carbons (Fsp3) is 0.0526. The fourth-order valence-electron chi connectivity index (χ4n) is 11.5. The molecule has 5 nitrogen and oxygen atoms in total. The molecule has 0 aliphatic rings. The molecule has 0 spiro atoms. The van der Waals surface area contributed by atoms with Gasteiger partial charge in [0, 0.05) is 44.3 Å². The molecule has 0 aliphatic heterocycles. The van der Waals surface area contributed by atoms with Crippen LogP contribution in [0.25, 0.3) is 83.4 Å². The van der Waals surface area contributed by atoms with Crippen molar-refractivity contribution in [3.63, 3.8) is 0 Å². The van der Waals surface area contributed by atoms with Crippen LogP contribution in [0.4, 0.5) is 0 Å². The van der Waals surface area contributed by atoms with E-state index in [2.05, 4.69) is 195 Å². The molecule has 14 aromatic rings. The second-order valence-corrected chi connectivity index (χ2v) is 25.0. The standard InChI is InChI=1S/C76H56N4OSi.Pt/c1-76(2,3)58-46-47-77-74(50-58)80-70-45-42-57(56-28-21-37-65(48-56)82(62-31-13-6-14-32-62,63-33-15-7-16-34-63)64-35-17-8-18-36-64)49-69(70)68-44-43-61(52-73(68)80)81-60-30-22-29-59(51-60)78-53-79(72-41-20-19-40-71(72)78)75-66(54-24-9-4-10-25-54)38-23-39-67(75)55-26-11-5-12-27-55;/h4-50H,1-3H3;/q-2;/i4D,5D,9D,10D,11D,12D,24D,25D,26D,27D;. The Morgan fingerprint density at radius 2 is 1.07 bits per heavy atom. The van der Waals surface area contributed by atoms with Crippen molar-refractivity contribution in [3.8, 4) is 62.1 Å². The summed E-state index contributed by atoms with van der Waals surface area (Å²) >= 11 is 0. The van der Waals surface area contributed by atoms with E-state index < -0.39 is 68.5 Å². The second-order valence-electron chi connectivity index (χ2n) is 21.2. The number of hydrogen-bond donors (Lipinski definition) is 0. The van der Waals surface area contributed by atoms with Gasteiger partial charge >= 0.3 is 0 Å². The van der Waals surface area contributed by atoms with Gasteiger partial charge in [0.15, 0.2) is 8.07 Å². The summed E-state index contributed by atoms with van der Waals surface area (Å²) in [6.07, 6.45) is 5.30. The predicted molar refractivity (Wildman–Crippen MR) is 339 cm³/mol. The molecular weight excluding hydrogens is 1210 g/mol. The van der Waals surface area contributed by atoms with Crippen LogP contribution < -0.4 is 30.1 Å². The molecule has 83 heavy (non-hydrogen) atoms. The normalized spacial score (nSPS) is 13.4. The summed E-state index contributed by atoms with van der Waals surface area (Å²) in [5.74, 6) is 1.48. The number of aromatic nitrogens is 4. The van der Waals surface area contributed by atoms with E-state index in [0.29, 0.717) is 28.2 Å². The molecule has 0 amide bonds. The number of para-hydroxylation sites is 3. The molecular formula is C76H56N4OPtSi-2. The van der Waals surface area contributed by atoms with E-state index in [1.165, 1.54) is 20.7 Å². The van der Waals surface area contributed by atoms with Gasteiger partial charge in [0.05, 0.1) is 30.4 Å². The van der Waals surface area contributed by atoms with Crippen LogP contribution in [0.2, 0.25) is 0 Å². The van der Waals surface area contributed by atoms with Gasteiger partial charge in [-0.15, -0.1) is 29.7 Å². The summed E-state index contributed by atoms with van der Waals surface area (Å²) in [5.41, 5.74) is 6.51. The zero-order chi connectivity index (χ0) is 63.9. The Morgan fingerprint density at radius 3 is 1.72 bits per heavy atom. The fourth-order valence-corrected chi connectivity index (χ4v) is 16.3. The van der Waals surface area contributed by atoms with Gasteiger partial charge in [-0.2, -0.15) is 18.2 Å². The Morgan fingerprint density at radius 1 is 0.494 bits per heavy atom. The van der Waals surface area contributed by atoms with Crippen molar-refractivity contribution in [1.82, 2.24) is 14.1 Å². The van der Waals surface area contributed by atoms with Crippen LogP contribution in [0.3, 0.4) is 0 Å². The molecule has 0 radical (unpaired) electrons. The molecule has 0 atom stereocenters. The Kier molecular flexibility index (Phi) is 11.3. The Labute approximate surface area is 514 Å². The van der Waals surface area contributed by atoms with Crippen LogP contribution in [-0.4, -0.2) is 22.2 Å². The third-order valence-electron chi connectivity index (χ3n) is 15.3. The first-order valence-electron chi connectivity index (χ1n) is 32.1. The maximum absolute atomic E-state index is 9.12. The predicted octanol–water partition coefficient (Wildman–Crippen LogP) is 15.3. The summed E-state index contributed by atoms with van der Waals surface area (Å²) < 4.78 is 100. The number of pyridine rings is 1. The number of rotatable bonds is 12. The van der Waals surface area contributed by atoms with E-state index in [9.17, 15) is 0 Å². The maximum atomic E-state index is 9.12. The van der Waals surface area contributed by atoms with Gasteiger partial charge in [0.2, 0.25) is 0 Å². The quantitative estimate of drug-likeness (QED) is 0.0529. The van der Waals surface area contributed by atoms with Crippen molar-refractivity contribution >= 4 is 61.7 Å². The molecule has 3 aromatic heterocycles. The van der Waals surface area contributed by atoms with Crippen molar-refractivity contribution in [1.29, 1.82) is 0 Å². The van der Waals surface area contributed by atoms with Crippen LogP contribution in [-0.2, 0) is 26.5 Å². The molecule has 0 fully saturated rings. The Balaban J connectivity index is 0.00000787. The molecule has 7 heteroatoms. The van der Waals surface area contributed by atoms with Gasteiger partial charge in [-0.1, -0.05) is 257 Å². The van der Waals surface area contributed by atoms with Crippen molar-refractivity contribution in [2.75, 3.05) is 0 Å². The van der Waals surface area contributed by atoms with Gasteiger partial charge in [-0.25, -0.2) is 4.98 Å². The molecule has 11 aromatic carbocycles. The summed E-state index contributed by atoms with van der Waals surface area (Å²) in [6, 6.07) is 75.9. The van der Waals surface area contributed by atoms with Gasteiger partial charge in [0.25, 0.3) is 6.33 Å². The van der Waals surface area contributed by atoms with E-state index in [1.54, 1.807) is 33.4 Å². The molecule has 0 aliphatic carbocycles. The number of nitrogens with zero attached hydrogens (tertiary/aromatic N) is 4. The van der Waals surface area contributed by atoms with E-state index in [1.807, 2.05) is 48.7 Å². The Bertz CT molecular complexity index is 5030. The number of ether oxygens (including phenoxy) is 1. The van der Waals surface area contributed by atoms with Crippen molar-refractivity contribution < 1.29 is 44.1 Å². The zero-order valence-corrected chi connectivity index (χ0v) is 48.6. The van der Waals surface area contributed by atoms with Crippen LogP contribution in [0.5, 0.6) is 11.5 Å². The third-order valence-corrected chi connectivity index (χ3v) is 20.1. The third kappa shape index (κ3) is 9.64. The number of imidazole rings is 1. The van der Waals surface area contributed by atoms with Crippen LogP contribution in [0.1, 0.15) is 40.0 Å². The second kappa shape index (κ2) is 22.1. The summed E-state index contributed by atoms with van der Waals surface area (Å²) in [6.45, 7) is 6.56. The zero-order valence-electron chi connectivity index (χ0n) is 55.4. The maximum Gasteiger partial charge on any atom is 0.268 e. The largest absolute Gasteiger partial charge is 0.510 e. The van der Waals surface area contributed by atoms with Crippen molar-refractivity contribution in [2.24, 2.45) is 0 Å². The molecule has 0 saturated heterocycles. The molecule has 0 saturated carbocycles. The molecule has 3 heterocycles. The first-order valence-corrected chi connectivity index (χ1v) is 29.1. The summed E-state index contributed by atoms with van der Waals surface area (Å²) in [5, 5.41) is 7.09. The topological polar surface area (TPSA) is 35.9 Å². The molecule has 402 valence electrons. The molecule has 0 bridgehead atoms. The van der Waals surface area contributed by atoms with E-state index >= 15 is 0 Å². The minimum atomic E-state index is -2.85. The van der Waals surface area contributed by atoms with Gasteiger partial charge in [0.1, 0.15) is 5.82 Å². The number of benzene rings is 11. The van der Waals surface area contributed by atoms with Gasteiger partial charge < -0.3 is 13.9 Å². The summed E-state index contributed by atoms with van der Waals surface area (Å²) in [7, 11) is -2.85. The average Bonchev–Trinajstić information content (AvgIpc) is 1.65. The van der Waals surface area contributed by atoms with Crippen molar-refractivity contribution in [3.05, 3.63) is 309 Å². The SMILES string of the molecule is [2H]c1c([2H])c([2H])c(-c2cccc(-c3c([2H])c([2H])c([2H])c([2H])c3[2H])c2-[n+]2[c-]n(-c3[c-]c(Oc4[c-]c5c(cc4)c4cc(-c6cccc([Si](c7ccccc7)(c7ccccc7)c7ccccc7)c6)ccc4n5-c4cc(C(C)(C)C)ccn4)ccc3)c3ccccc32)c([2H])c1[2H].[Pt]. The molecule has 0 N–H and O–H groups in total. The van der Waals surface area contributed by atoms with Crippen LogP contribution in [0, 0.1) is 18.5 Å². The van der Waals surface area contributed by atoms with Gasteiger partial charge in [-0.05, 0) is 94.4 Å². The van der Waals surface area contributed by atoms with E-state index in [-0.39, 0.29) is 54.4 Å². The smallest absolute Gasteiger partial charge is 0.268 e. The number of fused-ring (bicyclic) bond motifs is 4. The minimum absolute atomic E-state index is 0. The first kappa shape index (κ1) is 42.4. The summed E-state index contributed by atoms with van der Waals surface area (Å²) in [4.78, 5) is 5.00. The Hall–Kier alpha value is -9.45. The molecule has 0 unspecified atom stereocenters. The molecule has 14 rings (SSSR count). The van der Waals surface area contributed by atoms with Crippen LogP contribution in [0.15, 0.2) is 285 Å². The number of hydrogen-bond acceptors (Lipinski definition) is 2. The average molecular weight is 1270 g/mol. The van der Waals surface area contributed by atoms with E-state index in [0.717, 1.165) is 44.3 Å². The minimum Gasteiger partial charge on any atom is -0.510 e. The van der Waals surface area contributed by atoms with Crippen LogP contribution >= 0.6 is 0 Å². The monoisotopic (exact) mass is 1270 g/mol. The first-order chi connectivity index (χ1) is 44.4. The van der Waals surface area contributed by atoms with Gasteiger partial charge in [-0.3, -0.25) is 4.57 Å². The van der Waals surface area contributed by atoms with E-state index in [4.69, 9.17) is 23.4 Å².